The lowest BCUT2D eigenvalue weighted by atomic mass is 10.0. The second-order valence-electron chi connectivity index (χ2n) is 8.39. The molecular formula is C28H27ClFN3O4S. The normalized spacial score (nSPS) is 11.0. The van der Waals surface area contributed by atoms with Crippen LogP contribution < -0.4 is 9.62 Å². The molecule has 38 heavy (non-hydrogen) atoms. The van der Waals surface area contributed by atoms with E-state index in [4.69, 9.17) is 20.8 Å². The molecule has 1 N–H and O–H groups in total. The fourth-order valence-corrected chi connectivity index (χ4v) is 4.72. The number of fused-ring (bicyclic) bond motifs is 1. The van der Waals surface area contributed by atoms with E-state index in [1.54, 1.807) is 26.1 Å². The molecule has 0 aliphatic rings. The summed E-state index contributed by atoms with van der Waals surface area (Å²) in [4.78, 5) is 29.4. The molecule has 7 nitrogen and oxygen atoms in total. The zero-order valence-electron chi connectivity index (χ0n) is 21.4. The van der Waals surface area contributed by atoms with Crippen LogP contribution in [0.2, 0.25) is 5.15 Å². The summed E-state index contributed by atoms with van der Waals surface area (Å²) in [6.07, 6.45) is 2.55. The maximum atomic E-state index is 13.6. The number of pyridine rings is 1. The molecule has 4 rings (SSSR count). The number of furan rings is 1. The Morgan fingerprint density at radius 3 is 2.55 bits per heavy atom. The molecule has 0 spiro atoms. The highest BCUT2D eigenvalue weighted by molar-refractivity contribution is 7.99. The molecule has 198 valence electrons. The maximum absolute atomic E-state index is 13.6. The van der Waals surface area contributed by atoms with E-state index in [2.05, 4.69) is 10.3 Å². The first-order valence-corrected chi connectivity index (χ1v) is 13.5. The molecule has 0 saturated heterocycles. The van der Waals surface area contributed by atoms with Gasteiger partial charge in [0, 0.05) is 49.4 Å². The van der Waals surface area contributed by atoms with Crippen molar-refractivity contribution >= 4 is 52.1 Å². The molecule has 0 aliphatic carbocycles. The van der Waals surface area contributed by atoms with Crippen molar-refractivity contribution in [3.8, 4) is 22.6 Å². The summed E-state index contributed by atoms with van der Waals surface area (Å²) in [5.41, 5.74) is 4.29. The summed E-state index contributed by atoms with van der Waals surface area (Å²) in [6, 6.07) is 13.2. The molecule has 0 fully saturated rings. The van der Waals surface area contributed by atoms with Crippen LogP contribution in [0, 0.1) is 5.82 Å². The molecule has 2 heterocycles. The second-order valence-corrected chi connectivity index (χ2v) is 9.66. The number of anilines is 1. The average molecular weight is 556 g/mol. The van der Waals surface area contributed by atoms with Gasteiger partial charge < -0.3 is 18.8 Å². The van der Waals surface area contributed by atoms with Gasteiger partial charge in [0.05, 0.1) is 23.6 Å². The standard InChI is InChI=1S/C28H27ClFN3O4S/c1-5-36-24(34)13-9-17-8-12-21(32-27(17)29)19-14-20-23(15-22(19)33(3)38-4)37-26(25(20)28(35)31-2)16-6-10-18(30)11-7-16/h6-8,10-12,14-15H,5,9,13H2,1-4H3,(H,31,35). The number of rotatable bonds is 9. The van der Waals surface area contributed by atoms with Crippen LogP contribution in [0.25, 0.3) is 33.6 Å². The van der Waals surface area contributed by atoms with Crippen molar-refractivity contribution in [2.45, 2.75) is 19.8 Å². The second kappa shape index (κ2) is 11.9. The Bertz CT molecular complexity index is 1490. The molecule has 10 heteroatoms. The van der Waals surface area contributed by atoms with Crippen LogP contribution in [-0.2, 0) is 16.0 Å². The van der Waals surface area contributed by atoms with Crippen LogP contribution >= 0.6 is 23.5 Å². The first kappa shape index (κ1) is 27.5. The average Bonchev–Trinajstić information content (AvgIpc) is 3.29. The van der Waals surface area contributed by atoms with E-state index in [1.165, 1.54) is 24.1 Å². The summed E-state index contributed by atoms with van der Waals surface area (Å²) in [7, 11) is 3.46. The fraction of sp³-hybridized carbons (Fsp3) is 0.250. The molecule has 4 aromatic rings. The number of carbonyl (C=O) groups excluding carboxylic acids is 2. The highest BCUT2D eigenvalue weighted by Crippen LogP contribution is 2.41. The largest absolute Gasteiger partial charge is 0.466 e. The van der Waals surface area contributed by atoms with E-state index in [0.717, 1.165) is 16.8 Å². The lowest BCUT2D eigenvalue weighted by Crippen LogP contribution is -2.18. The molecule has 0 radical (unpaired) electrons. The number of carbonyl (C=O) groups is 2. The Labute approximate surface area is 229 Å². The topological polar surface area (TPSA) is 84.7 Å². The summed E-state index contributed by atoms with van der Waals surface area (Å²) in [5.74, 6) is -0.665. The van der Waals surface area contributed by atoms with Gasteiger partial charge in [0.25, 0.3) is 5.91 Å². The van der Waals surface area contributed by atoms with Gasteiger partial charge in [-0.15, -0.1) is 0 Å². The van der Waals surface area contributed by atoms with E-state index in [-0.39, 0.29) is 29.3 Å². The van der Waals surface area contributed by atoms with Crippen molar-refractivity contribution in [3.63, 3.8) is 0 Å². The molecule has 0 unspecified atom stereocenters. The first-order chi connectivity index (χ1) is 18.3. The highest BCUT2D eigenvalue weighted by atomic mass is 35.5. The number of nitrogens with zero attached hydrogens (tertiary/aromatic N) is 2. The van der Waals surface area contributed by atoms with Crippen LogP contribution in [0.1, 0.15) is 29.3 Å². The predicted molar refractivity (Wildman–Crippen MR) is 150 cm³/mol. The molecule has 2 aromatic carbocycles. The van der Waals surface area contributed by atoms with Crippen LogP contribution in [0.5, 0.6) is 0 Å². The fourth-order valence-electron chi connectivity index (χ4n) is 4.12. The monoisotopic (exact) mass is 555 g/mol. The van der Waals surface area contributed by atoms with E-state index in [0.29, 0.717) is 46.6 Å². The zero-order chi connectivity index (χ0) is 27.4. The molecule has 0 bridgehead atoms. The molecule has 0 saturated carbocycles. The van der Waals surface area contributed by atoms with E-state index >= 15 is 0 Å². The van der Waals surface area contributed by atoms with Gasteiger partial charge in [0.15, 0.2) is 0 Å². The summed E-state index contributed by atoms with van der Waals surface area (Å²) in [6.45, 7) is 2.09. The predicted octanol–water partition coefficient (Wildman–Crippen LogP) is 6.52. The van der Waals surface area contributed by atoms with Crippen LogP contribution in [0.3, 0.4) is 0 Å². The van der Waals surface area contributed by atoms with Gasteiger partial charge in [0.2, 0.25) is 0 Å². The number of hydrogen-bond donors (Lipinski definition) is 1. The van der Waals surface area contributed by atoms with Crippen LogP contribution in [0.4, 0.5) is 10.1 Å². The van der Waals surface area contributed by atoms with Crippen molar-refractivity contribution in [3.05, 3.63) is 70.6 Å². The van der Waals surface area contributed by atoms with Gasteiger partial charge in [-0.05, 0) is 55.3 Å². The van der Waals surface area contributed by atoms with Crippen LogP contribution in [0.15, 0.2) is 52.9 Å². The van der Waals surface area contributed by atoms with Crippen LogP contribution in [-0.4, -0.2) is 43.8 Å². The van der Waals surface area contributed by atoms with Crippen molar-refractivity contribution in [1.29, 1.82) is 0 Å². The third kappa shape index (κ3) is 5.63. The van der Waals surface area contributed by atoms with Crippen molar-refractivity contribution < 1.29 is 23.1 Å². The van der Waals surface area contributed by atoms with E-state index in [9.17, 15) is 14.0 Å². The third-order valence-corrected chi connectivity index (χ3v) is 7.16. The number of amides is 1. The third-order valence-electron chi connectivity index (χ3n) is 6.09. The maximum Gasteiger partial charge on any atom is 0.306 e. The number of ether oxygens (including phenoxy) is 1. The van der Waals surface area contributed by atoms with Gasteiger partial charge >= 0.3 is 5.97 Å². The molecule has 0 atom stereocenters. The van der Waals surface area contributed by atoms with E-state index in [1.807, 2.05) is 41.9 Å². The molecule has 0 aliphatic heterocycles. The number of aryl methyl sites for hydroxylation is 1. The van der Waals surface area contributed by atoms with Gasteiger partial charge in [-0.2, -0.15) is 0 Å². The summed E-state index contributed by atoms with van der Waals surface area (Å²) in [5, 5.41) is 3.55. The lowest BCUT2D eigenvalue weighted by Gasteiger charge is -2.20. The molecule has 1 amide bonds. The van der Waals surface area contributed by atoms with Gasteiger partial charge in [-0.1, -0.05) is 29.6 Å². The number of hydrogen-bond acceptors (Lipinski definition) is 7. The number of halogens is 2. The minimum Gasteiger partial charge on any atom is -0.466 e. The minimum atomic E-state index is -0.383. The Morgan fingerprint density at radius 1 is 1.18 bits per heavy atom. The number of benzene rings is 2. The van der Waals surface area contributed by atoms with Gasteiger partial charge in [-0.3, -0.25) is 9.59 Å². The highest BCUT2D eigenvalue weighted by Gasteiger charge is 2.25. The Kier molecular flexibility index (Phi) is 8.58. The van der Waals surface area contributed by atoms with Crippen molar-refractivity contribution in [2.75, 3.05) is 31.3 Å². The van der Waals surface area contributed by atoms with Gasteiger partial charge in [0.1, 0.15) is 22.3 Å². The van der Waals surface area contributed by atoms with Crippen molar-refractivity contribution in [2.24, 2.45) is 0 Å². The number of aromatic nitrogens is 1. The minimum absolute atomic E-state index is 0.206. The first-order valence-electron chi connectivity index (χ1n) is 11.9. The Hall–Kier alpha value is -3.56. The number of esters is 1. The quantitative estimate of drug-likeness (QED) is 0.143. The summed E-state index contributed by atoms with van der Waals surface area (Å²) >= 11 is 8.03. The van der Waals surface area contributed by atoms with Gasteiger partial charge in [-0.25, -0.2) is 9.37 Å². The molecule has 2 aromatic heterocycles. The SMILES string of the molecule is CCOC(=O)CCc1ccc(-c2cc3c(C(=O)NC)c(-c4ccc(F)cc4)oc3cc2N(C)SC)nc1Cl. The van der Waals surface area contributed by atoms with Crippen molar-refractivity contribution in [1.82, 2.24) is 10.3 Å². The lowest BCUT2D eigenvalue weighted by molar-refractivity contribution is -0.143. The summed E-state index contributed by atoms with van der Waals surface area (Å²) < 4.78 is 26.7. The van der Waals surface area contributed by atoms with E-state index < -0.39 is 0 Å². The molecular weight excluding hydrogens is 529 g/mol. The zero-order valence-corrected chi connectivity index (χ0v) is 23.0. The number of nitrogens with one attached hydrogen (secondary N) is 1. The Balaban J connectivity index is 1.86. The Morgan fingerprint density at radius 2 is 1.92 bits per heavy atom. The smallest absolute Gasteiger partial charge is 0.306 e.